The van der Waals surface area contributed by atoms with E-state index < -0.39 is 241 Å². The number of rotatable bonds is 56. The van der Waals surface area contributed by atoms with E-state index >= 15 is 0 Å². The fourth-order valence-corrected chi connectivity index (χ4v) is 12.0. The van der Waals surface area contributed by atoms with Crippen LogP contribution in [0.1, 0.15) is 110 Å². The lowest BCUT2D eigenvalue weighted by Gasteiger charge is -2.33. The normalized spacial score (nSPS) is 14.6. The number of aliphatic hydroxyl groups is 2. The molecule has 2 aromatic carbocycles. The van der Waals surface area contributed by atoms with Gasteiger partial charge in [-0.15, -0.1) is 0 Å². The van der Waals surface area contributed by atoms with Crippen molar-refractivity contribution in [3.63, 3.8) is 0 Å². The number of aliphatic hydroxyl groups excluding tert-OH is 2. The van der Waals surface area contributed by atoms with Crippen LogP contribution in [0.4, 0.5) is 0 Å². The fraction of sp³-hybridized carbons (Fsp3) is 0.568. The van der Waals surface area contributed by atoms with Crippen molar-refractivity contribution in [2.45, 2.75) is 191 Å². The number of aldehydes is 1. The summed E-state index contributed by atoms with van der Waals surface area (Å²) in [5.74, 6) is -20.6. The number of guanidine groups is 4. The molecule has 122 heavy (non-hydrogen) atoms. The van der Waals surface area contributed by atoms with Crippen LogP contribution in [0.3, 0.4) is 0 Å². The van der Waals surface area contributed by atoms with Gasteiger partial charge in [0.05, 0.1) is 32.7 Å². The van der Waals surface area contributed by atoms with E-state index in [0.29, 0.717) is 17.4 Å². The minimum absolute atomic E-state index is 0.0183. The number of hydrogen-bond donors (Lipinski definition) is 31. The second kappa shape index (κ2) is 56.4. The lowest BCUT2D eigenvalue weighted by atomic mass is 9.96. The number of carbonyl (C=O) groups excluding carboxylic acids is 15. The standard InChI is InChI=1S/C74H121N27O19S2/c1-7-39(5)57(98-61(111)45(23-16-26-85-72(78)79)89-54(106)32-87-53(105)31-88-60(110)47(28-41-18-11-9-12-19-41)91-67(117)56(38(3)4)97-66(116)52(37-122)95-64(114)50(35-104)94-59(109)44(75)34-103)68(118)92-48(30-55(107)108)63(113)90-46(24-17-27-86-73(80)81)62(112)99-58(40(6)8-2)69(119)96-51(36-121)65(115)93-49(29-42-20-13-10-14-21-42)70(120)101(100-74(82)83)43(33-102)22-15-25-84-71(76)77/h9-14,18-21,33,38-40,43-52,56-58,103-104,121-122H,7-8,15-17,22-32,34-37,75H2,1-6H3,(H,87,105)(H,88,110)(H,89,106)(H,90,113)(H,91,117)(H,92,118)(H,93,115)(H,94,109)(H,95,114)(H,96,119)(H,97,116)(H,98,111)(H,99,112)(H,107,108)(H4,76,77,84)(H4,78,79,85)(H4,80,81,86)(H4,82,83,100)/t39-,40-,43-,44-,45-,46-,47-,48-,49-,50-,51-,52-,56+,57-,58-/m0/s1. The van der Waals surface area contributed by atoms with E-state index in [2.05, 4.69) is 116 Å². The van der Waals surface area contributed by atoms with Crippen LogP contribution in [0.5, 0.6) is 0 Å². The van der Waals surface area contributed by atoms with Crippen molar-refractivity contribution in [1.82, 2.24) is 95.5 Å². The first kappa shape index (κ1) is 106. The predicted octanol–water partition coefficient (Wildman–Crippen LogP) is -8.98. The number of carboxylic acids is 1. The Kier molecular flexibility index (Phi) is 48.9. The van der Waals surface area contributed by atoms with Crippen LogP contribution in [0.15, 0.2) is 60.7 Å². The summed E-state index contributed by atoms with van der Waals surface area (Å²) < 4.78 is 0. The molecule has 2 rings (SSSR count). The smallest absolute Gasteiger partial charge is 0.305 e. The molecule has 34 N–H and O–H groups in total. The molecule has 0 aliphatic carbocycles. The number of carboxylic acid groups (broad SMARTS) is 1. The van der Waals surface area contributed by atoms with Crippen molar-refractivity contribution < 1.29 is 92.0 Å². The molecule has 678 valence electrons. The van der Waals surface area contributed by atoms with Crippen molar-refractivity contribution in [2.24, 2.45) is 46.4 Å². The fourth-order valence-electron chi connectivity index (χ4n) is 11.5. The maximum absolute atomic E-state index is 14.6. The second-order valence-electron chi connectivity index (χ2n) is 28.7. The third-order valence-electron chi connectivity index (χ3n) is 18.7. The van der Waals surface area contributed by atoms with Crippen LogP contribution < -0.4 is 119 Å². The first-order valence-corrected chi connectivity index (χ1v) is 40.4. The Hall–Kier alpha value is -12.2. The number of nitrogens with zero attached hydrogens (tertiary/aromatic N) is 1. The topological polar surface area (TPSA) is 767 Å². The molecule has 0 saturated carbocycles. The summed E-state index contributed by atoms with van der Waals surface area (Å²) in [6.45, 7) is 6.22. The predicted molar refractivity (Wildman–Crippen MR) is 453 cm³/mol. The Morgan fingerprint density at radius 1 is 0.426 bits per heavy atom. The summed E-state index contributed by atoms with van der Waals surface area (Å²) in [4.78, 5) is 220. The van der Waals surface area contributed by atoms with Gasteiger partial charge in [0.1, 0.15) is 84.8 Å². The van der Waals surface area contributed by atoms with E-state index in [9.17, 15) is 92.0 Å². The van der Waals surface area contributed by atoms with Gasteiger partial charge < -0.3 is 134 Å². The average Bonchev–Trinajstić information content (AvgIpc) is 0.835. The summed E-state index contributed by atoms with van der Waals surface area (Å²) in [5.41, 5.74) is 31.0. The van der Waals surface area contributed by atoms with Crippen LogP contribution in [0, 0.1) is 39.4 Å². The maximum atomic E-state index is 14.6. The zero-order chi connectivity index (χ0) is 91.9. The third-order valence-corrected chi connectivity index (χ3v) is 19.5. The Labute approximate surface area is 716 Å². The third kappa shape index (κ3) is 39.3. The molecule has 15 atom stereocenters. The Morgan fingerprint density at radius 2 is 0.803 bits per heavy atom. The quantitative estimate of drug-likeness (QED) is 0.00730. The Morgan fingerprint density at radius 3 is 1.24 bits per heavy atom. The van der Waals surface area contributed by atoms with Crippen LogP contribution in [-0.4, -0.2) is 275 Å². The molecule has 0 aliphatic heterocycles. The highest BCUT2D eigenvalue weighted by Gasteiger charge is 2.40. The monoisotopic (exact) mass is 1760 g/mol. The van der Waals surface area contributed by atoms with E-state index in [-0.39, 0.29) is 95.6 Å². The van der Waals surface area contributed by atoms with Crippen LogP contribution in [0.2, 0.25) is 0 Å². The number of hydrazine groups is 1. The van der Waals surface area contributed by atoms with E-state index in [0.717, 1.165) is 5.01 Å². The lowest BCUT2D eigenvalue weighted by Crippen LogP contribution is -2.63. The molecule has 48 heteroatoms. The number of aliphatic carboxylic acids is 1. The zero-order valence-corrected chi connectivity index (χ0v) is 70.6. The van der Waals surface area contributed by atoms with E-state index in [1.54, 1.807) is 95.3 Å². The summed E-state index contributed by atoms with van der Waals surface area (Å²) in [6, 6.07) is -3.34. The van der Waals surface area contributed by atoms with Gasteiger partial charge in [-0.2, -0.15) is 25.3 Å². The molecule has 2 aromatic rings. The molecule has 0 fully saturated rings. The van der Waals surface area contributed by atoms with Gasteiger partial charge in [-0.1, -0.05) is 115 Å². The number of nitrogens with one attached hydrogen (secondary N) is 21. The number of benzene rings is 2. The van der Waals surface area contributed by atoms with Gasteiger partial charge in [0.15, 0.2) is 17.9 Å². The molecule has 0 bridgehead atoms. The molecular weight excluding hydrogens is 1640 g/mol. The van der Waals surface area contributed by atoms with E-state index in [1.807, 2.05) is 0 Å². The summed E-state index contributed by atoms with van der Waals surface area (Å²) in [5, 5.41) is 100. The van der Waals surface area contributed by atoms with Gasteiger partial charge in [0.2, 0.25) is 82.8 Å². The lowest BCUT2D eigenvalue weighted by molar-refractivity contribution is -0.143. The van der Waals surface area contributed by atoms with Gasteiger partial charge in [-0.05, 0) is 67.4 Å². The summed E-state index contributed by atoms with van der Waals surface area (Å²) >= 11 is 8.47. The second-order valence-corrected chi connectivity index (χ2v) is 29.4. The molecule has 0 radical (unpaired) electrons. The molecule has 0 aromatic heterocycles. The molecule has 0 heterocycles. The number of amides is 14. The van der Waals surface area contributed by atoms with Gasteiger partial charge in [0, 0.05) is 44.0 Å². The number of nitrogens with two attached hydrogens (primary N) is 5. The minimum Gasteiger partial charge on any atom is -0.481 e. The SMILES string of the molecule is CC[C@H](C)[C@H](NC(=O)[C@H](CCCNC(=N)N)NC(=O)CNC(=O)CNC(=O)[C@H](Cc1ccccc1)NC(=O)[C@H](NC(=O)[C@H](CS)NC(=O)[C@H](CO)NC(=O)[C@@H](N)CO)C(C)C)C(=O)N[C@@H](CC(=O)O)C(=O)N[C@@H](CCCNC(=N)N)C(=O)N[C@H](C(=O)N[C@@H](CS)C(=O)N[C@@H](Cc1ccccc1)C(=O)N(NC(=N)N)[C@H](C=O)CCCNC(=N)N)[C@@H](C)CC. The number of carbonyl (C=O) groups is 16. The van der Waals surface area contributed by atoms with Crippen molar-refractivity contribution >= 4 is 144 Å². The Bertz CT molecular complexity index is 3880. The van der Waals surface area contributed by atoms with Crippen molar-refractivity contribution in [3.8, 4) is 0 Å². The average molecular weight is 1760 g/mol. The molecule has 0 saturated heterocycles. The minimum atomic E-state index is -2.01. The van der Waals surface area contributed by atoms with Gasteiger partial charge in [-0.25, -0.2) is 5.01 Å². The van der Waals surface area contributed by atoms with E-state index in [4.69, 9.17) is 50.3 Å². The van der Waals surface area contributed by atoms with E-state index in [1.165, 1.54) is 6.92 Å². The van der Waals surface area contributed by atoms with Crippen LogP contribution >= 0.6 is 25.3 Å². The molecule has 0 aliphatic rings. The van der Waals surface area contributed by atoms with Gasteiger partial charge in [0.25, 0.3) is 5.91 Å². The largest absolute Gasteiger partial charge is 0.481 e. The maximum Gasteiger partial charge on any atom is 0.305 e. The molecule has 0 unspecified atom stereocenters. The van der Waals surface area contributed by atoms with Crippen LogP contribution in [0.25, 0.3) is 0 Å². The van der Waals surface area contributed by atoms with Crippen molar-refractivity contribution in [2.75, 3.05) is 57.4 Å². The highest BCUT2D eigenvalue weighted by molar-refractivity contribution is 7.80. The van der Waals surface area contributed by atoms with Gasteiger partial charge >= 0.3 is 5.97 Å². The molecular formula is C74H121N27O19S2. The zero-order valence-electron chi connectivity index (χ0n) is 68.8. The summed E-state index contributed by atoms with van der Waals surface area (Å²) in [6.07, 6.45) is -1.07. The Balaban J connectivity index is 2.45. The highest BCUT2D eigenvalue weighted by Crippen LogP contribution is 2.17. The molecule has 14 amide bonds. The van der Waals surface area contributed by atoms with Gasteiger partial charge in [-0.3, -0.25) is 99.0 Å². The van der Waals surface area contributed by atoms with Crippen molar-refractivity contribution in [1.29, 1.82) is 21.6 Å². The molecule has 0 spiro atoms. The number of thiol groups is 2. The van der Waals surface area contributed by atoms with Crippen LogP contribution in [-0.2, 0) is 89.6 Å². The summed E-state index contributed by atoms with van der Waals surface area (Å²) in [7, 11) is 0. The first-order chi connectivity index (χ1) is 57.7. The first-order valence-electron chi connectivity index (χ1n) is 39.2. The van der Waals surface area contributed by atoms with Crippen molar-refractivity contribution in [3.05, 3.63) is 71.8 Å². The molecule has 46 nitrogen and oxygen atoms in total. The number of hydrogen-bond acceptors (Lipinski definition) is 25. The highest BCUT2D eigenvalue weighted by atomic mass is 32.1.